The van der Waals surface area contributed by atoms with Crippen LogP contribution in [0.2, 0.25) is 0 Å². The smallest absolute Gasteiger partial charge is 0.462 e. The molecule has 0 saturated carbocycles. The molecule has 0 aromatic rings. The van der Waals surface area contributed by atoms with Gasteiger partial charge in [-0.2, -0.15) is 0 Å². The van der Waals surface area contributed by atoms with Crippen molar-refractivity contribution in [2.24, 2.45) is 23.7 Å². The maximum absolute atomic E-state index is 13.1. The summed E-state index contributed by atoms with van der Waals surface area (Å²) >= 11 is 0. The van der Waals surface area contributed by atoms with Gasteiger partial charge in [0.25, 0.3) is 0 Å². The van der Waals surface area contributed by atoms with Crippen LogP contribution in [-0.2, 0) is 65.4 Å². The van der Waals surface area contributed by atoms with Crippen molar-refractivity contribution in [3.8, 4) is 0 Å². The largest absolute Gasteiger partial charge is 0.472 e. The number of esters is 4. The first-order valence-corrected chi connectivity index (χ1v) is 43.2. The number of unbranched alkanes of at least 4 members (excludes halogenated alkanes) is 41. The zero-order chi connectivity index (χ0) is 71.7. The summed E-state index contributed by atoms with van der Waals surface area (Å²) in [4.78, 5) is 72.9. The van der Waals surface area contributed by atoms with E-state index in [9.17, 15) is 43.2 Å². The summed E-state index contributed by atoms with van der Waals surface area (Å²) in [5.41, 5.74) is 0. The molecule has 0 aromatic heterocycles. The van der Waals surface area contributed by atoms with E-state index in [-0.39, 0.29) is 25.7 Å². The van der Waals surface area contributed by atoms with Crippen LogP contribution in [0.3, 0.4) is 0 Å². The summed E-state index contributed by atoms with van der Waals surface area (Å²) in [7, 11) is -9.92. The number of aliphatic hydroxyl groups is 1. The molecule has 0 aliphatic heterocycles. The van der Waals surface area contributed by atoms with E-state index in [2.05, 4.69) is 55.4 Å². The molecule has 0 aliphatic carbocycles. The number of rotatable bonds is 75. The predicted octanol–water partition coefficient (Wildman–Crippen LogP) is 22.8. The van der Waals surface area contributed by atoms with Gasteiger partial charge in [-0.05, 0) is 49.4 Å². The quantitative estimate of drug-likeness (QED) is 0.0222. The molecule has 3 N–H and O–H groups in total. The van der Waals surface area contributed by atoms with E-state index in [0.717, 1.165) is 114 Å². The zero-order valence-electron chi connectivity index (χ0n) is 63.7. The van der Waals surface area contributed by atoms with Crippen molar-refractivity contribution in [1.29, 1.82) is 0 Å². The lowest BCUT2D eigenvalue weighted by Crippen LogP contribution is -2.30. The molecule has 0 saturated heterocycles. The Kier molecular flexibility index (Phi) is 65.9. The van der Waals surface area contributed by atoms with Crippen molar-refractivity contribution in [3.05, 3.63) is 0 Å². The molecule has 0 aliphatic rings. The van der Waals surface area contributed by atoms with Crippen molar-refractivity contribution in [2.75, 3.05) is 39.6 Å². The predicted molar refractivity (Wildman–Crippen MR) is 395 cm³/mol. The van der Waals surface area contributed by atoms with Crippen LogP contribution >= 0.6 is 15.6 Å². The van der Waals surface area contributed by atoms with E-state index in [1.165, 1.54) is 199 Å². The molecule has 0 rings (SSSR count). The number of phosphoric ester groups is 2. The molecule has 576 valence electrons. The molecule has 0 radical (unpaired) electrons. The standard InChI is InChI=1S/C78H152O17P2/c1-68(2)54-46-38-30-22-16-13-11-9-10-12-14-18-25-34-42-50-58-75(80)88-64-73(94-77(82)60-52-44-36-26-19-15-17-23-31-39-47-55-69(3)4)66-92-96(84,85)90-62-72(79)63-91-97(86,87)93-67-74(65-89-76(81)59-51-43-35-29-28-33-41-49-57-71(7)8)95-78(83)61-53-45-37-27-21-20-24-32-40-48-56-70(5)6/h68-74,79H,9-67H2,1-8H3,(H,84,85)(H,86,87)/t72?,73-,74-/m1/s1. The number of carbonyl (C=O) groups excluding carboxylic acids is 4. The Morgan fingerprint density at radius 1 is 0.258 bits per heavy atom. The highest BCUT2D eigenvalue weighted by atomic mass is 31.2. The van der Waals surface area contributed by atoms with Gasteiger partial charge in [-0.3, -0.25) is 37.3 Å². The number of hydrogen-bond donors (Lipinski definition) is 3. The fourth-order valence-electron chi connectivity index (χ4n) is 11.9. The Balaban J connectivity index is 5.23. The van der Waals surface area contributed by atoms with Crippen LogP contribution in [-0.4, -0.2) is 96.7 Å². The molecule has 0 fully saturated rings. The average molecular weight is 1420 g/mol. The Hall–Kier alpha value is -1.94. The van der Waals surface area contributed by atoms with E-state index in [4.69, 9.17) is 37.0 Å². The first kappa shape index (κ1) is 95.1. The van der Waals surface area contributed by atoms with Crippen molar-refractivity contribution < 1.29 is 80.2 Å². The first-order valence-electron chi connectivity index (χ1n) is 40.2. The minimum atomic E-state index is -4.96. The number of phosphoric acid groups is 2. The normalized spacial score (nSPS) is 14.1. The summed E-state index contributed by atoms with van der Waals surface area (Å²) in [6, 6.07) is 0. The Bertz CT molecular complexity index is 1900. The lowest BCUT2D eigenvalue weighted by atomic mass is 10.0. The third-order valence-electron chi connectivity index (χ3n) is 18.1. The second-order valence-corrected chi connectivity index (χ2v) is 32.9. The molecule has 0 bridgehead atoms. The van der Waals surface area contributed by atoms with Gasteiger partial charge < -0.3 is 33.8 Å². The summed E-state index contributed by atoms with van der Waals surface area (Å²) < 4.78 is 68.6. The highest BCUT2D eigenvalue weighted by Gasteiger charge is 2.30. The van der Waals surface area contributed by atoms with Gasteiger partial charge in [0.1, 0.15) is 19.3 Å². The van der Waals surface area contributed by atoms with Gasteiger partial charge in [0.2, 0.25) is 0 Å². The van der Waals surface area contributed by atoms with Gasteiger partial charge in [0.15, 0.2) is 12.2 Å². The molecule has 0 amide bonds. The third-order valence-corrected chi connectivity index (χ3v) is 20.0. The highest BCUT2D eigenvalue weighted by molar-refractivity contribution is 7.47. The number of hydrogen-bond acceptors (Lipinski definition) is 15. The number of ether oxygens (including phenoxy) is 4. The Morgan fingerprint density at radius 2 is 0.433 bits per heavy atom. The molecule has 17 nitrogen and oxygen atoms in total. The van der Waals surface area contributed by atoms with Crippen LogP contribution in [0, 0.1) is 23.7 Å². The molecule has 0 heterocycles. The SMILES string of the molecule is CC(C)CCCCCCCCCCCCCCCCCCC(=O)OC[C@H](COP(=O)(O)OCC(O)COP(=O)(O)OC[C@@H](COC(=O)CCCCCCCCCCC(C)C)OC(=O)CCCCCCCCCCCCC(C)C)OC(=O)CCCCCCCCCCCCCC(C)C. The fraction of sp³-hybridized carbons (Fsp3) is 0.949. The summed E-state index contributed by atoms with van der Waals surface area (Å²) in [6.07, 6.45) is 52.8. The second-order valence-electron chi connectivity index (χ2n) is 30.0. The second kappa shape index (κ2) is 67.2. The molecule has 3 unspecified atom stereocenters. The van der Waals surface area contributed by atoms with Gasteiger partial charge >= 0.3 is 39.5 Å². The van der Waals surface area contributed by atoms with Crippen LogP contribution in [0.4, 0.5) is 0 Å². The van der Waals surface area contributed by atoms with Crippen molar-refractivity contribution in [3.63, 3.8) is 0 Å². The molecule has 0 spiro atoms. The number of carbonyl (C=O) groups is 4. The molecule has 97 heavy (non-hydrogen) atoms. The van der Waals surface area contributed by atoms with Crippen LogP contribution in [0.25, 0.3) is 0 Å². The minimum Gasteiger partial charge on any atom is -0.462 e. The summed E-state index contributed by atoms with van der Waals surface area (Å²) in [5, 5.41) is 10.6. The summed E-state index contributed by atoms with van der Waals surface area (Å²) in [6.45, 7) is 14.2. The van der Waals surface area contributed by atoms with Gasteiger partial charge in [0, 0.05) is 25.7 Å². The van der Waals surface area contributed by atoms with Gasteiger partial charge in [-0.15, -0.1) is 0 Å². The minimum absolute atomic E-state index is 0.105. The van der Waals surface area contributed by atoms with Crippen molar-refractivity contribution >= 4 is 39.5 Å². The molecule has 19 heteroatoms. The van der Waals surface area contributed by atoms with E-state index in [0.29, 0.717) is 25.7 Å². The Morgan fingerprint density at radius 3 is 0.639 bits per heavy atom. The van der Waals surface area contributed by atoms with Gasteiger partial charge in [-0.1, -0.05) is 344 Å². The van der Waals surface area contributed by atoms with E-state index in [1.807, 2.05) is 0 Å². The first-order chi connectivity index (χ1) is 46.6. The lowest BCUT2D eigenvalue weighted by Gasteiger charge is -2.21. The van der Waals surface area contributed by atoms with E-state index < -0.39 is 97.5 Å². The summed E-state index contributed by atoms with van der Waals surface area (Å²) in [5.74, 6) is 0.938. The van der Waals surface area contributed by atoms with Crippen LogP contribution in [0.5, 0.6) is 0 Å². The zero-order valence-corrected chi connectivity index (χ0v) is 65.5. The Labute approximate surface area is 594 Å². The van der Waals surface area contributed by atoms with Crippen molar-refractivity contribution in [1.82, 2.24) is 0 Å². The maximum atomic E-state index is 13.1. The number of aliphatic hydroxyl groups excluding tert-OH is 1. The molecule has 5 atom stereocenters. The lowest BCUT2D eigenvalue weighted by molar-refractivity contribution is -0.161. The maximum Gasteiger partial charge on any atom is 0.472 e. The van der Waals surface area contributed by atoms with E-state index >= 15 is 0 Å². The molecular formula is C78H152O17P2. The van der Waals surface area contributed by atoms with Gasteiger partial charge in [-0.25, -0.2) is 9.13 Å². The third kappa shape index (κ3) is 72.2. The van der Waals surface area contributed by atoms with Crippen LogP contribution in [0.15, 0.2) is 0 Å². The average Bonchev–Trinajstić information content (AvgIpc) is 1.45. The van der Waals surface area contributed by atoms with Crippen LogP contribution in [0.1, 0.15) is 396 Å². The fourth-order valence-corrected chi connectivity index (χ4v) is 13.5. The monoisotopic (exact) mass is 1420 g/mol. The highest BCUT2D eigenvalue weighted by Crippen LogP contribution is 2.45. The molecular weight excluding hydrogens is 1270 g/mol. The van der Waals surface area contributed by atoms with Gasteiger partial charge in [0.05, 0.1) is 26.4 Å². The van der Waals surface area contributed by atoms with Crippen molar-refractivity contribution in [2.45, 2.75) is 414 Å². The van der Waals surface area contributed by atoms with E-state index in [1.54, 1.807) is 0 Å². The molecule has 0 aromatic carbocycles. The topological polar surface area (TPSA) is 237 Å². The van der Waals surface area contributed by atoms with Crippen LogP contribution < -0.4 is 0 Å².